The fourth-order valence-electron chi connectivity index (χ4n) is 4.37. The Balaban J connectivity index is 1.42. The monoisotopic (exact) mass is 368 g/mol. The predicted octanol–water partition coefficient (Wildman–Crippen LogP) is 3.05. The van der Waals surface area contributed by atoms with Gasteiger partial charge in [-0.1, -0.05) is 12.1 Å². The van der Waals surface area contributed by atoms with Gasteiger partial charge in [0.2, 0.25) is 0 Å². The Kier molecular flexibility index (Phi) is 5.16. The minimum absolute atomic E-state index is 0.00387. The smallest absolute Gasteiger partial charge is 0.274 e. The fourth-order valence-corrected chi connectivity index (χ4v) is 4.37. The SMILES string of the molecule is Cc1cnc(C(=O)N2CCC[C@@H]3CN(Cc4ccc(F)cc4)CC[C@H]32)cn1. The van der Waals surface area contributed by atoms with E-state index in [1.807, 2.05) is 24.0 Å². The van der Waals surface area contributed by atoms with Crippen LogP contribution in [0.2, 0.25) is 0 Å². The number of carbonyl (C=O) groups is 1. The summed E-state index contributed by atoms with van der Waals surface area (Å²) < 4.78 is 13.1. The van der Waals surface area contributed by atoms with Gasteiger partial charge in [0.25, 0.3) is 5.91 Å². The van der Waals surface area contributed by atoms with Gasteiger partial charge in [-0.05, 0) is 49.8 Å². The van der Waals surface area contributed by atoms with Crippen molar-refractivity contribution in [2.75, 3.05) is 19.6 Å². The lowest BCUT2D eigenvalue weighted by molar-refractivity contribution is 0.0180. The van der Waals surface area contributed by atoms with Crippen molar-refractivity contribution in [2.24, 2.45) is 5.92 Å². The van der Waals surface area contributed by atoms with Gasteiger partial charge >= 0.3 is 0 Å². The summed E-state index contributed by atoms with van der Waals surface area (Å²) in [6.07, 6.45) is 6.38. The maximum absolute atomic E-state index is 13.1. The molecule has 0 saturated carbocycles. The molecule has 0 bridgehead atoms. The molecule has 2 fully saturated rings. The molecule has 2 atom stereocenters. The second-order valence-electron chi connectivity index (χ2n) is 7.66. The number of carbonyl (C=O) groups excluding carboxylic acids is 1. The van der Waals surface area contributed by atoms with Crippen LogP contribution >= 0.6 is 0 Å². The highest BCUT2D eigenvalue weighted by molar-refractivity contribution is 5.92. The van der Waals surface area contributed by atoms with Crippen LogP contribution in [-0.4, -0.2) is 51.4 Å². The minimum atomic E-state index is -0.196. The number of benzene rings is 1. The lowest BCUT2D eigenvalue weighted by atomic mass is 9.83. The van der Waals surface area contributed by atoms with Crippen LogP contribution in [0, 0.1) is 18.7 Å². The summed E-state index contributed by atoms with van der Waals surface area (Å²) in [6, 6.07) is 7.03. The summed E-state index contributed by atoms with van der Waals surface area (Å²) in [6.45, 7) is 5.43. The zero-order chi connectivity index (χ0) is 18.8. The Bertz CT molecular complexity index is 793. The topological polar surface area (TPSA) is 49.3 Å². The number of halogens is 1. The number of nitrogens with zero attached hydrogens (tertiary/aromatic N) is 4. The third-order valence-electron chi connectivity index (χ3n) is 5.73. The van der Waals surface area contributed by atoms with Crippen LogP contribution in [0.5, 0.6) is 0 Å². The first-order chi connectivity index (χ1) is 13.1. The number of aryl methyl sites for hydroxylation is 1. The number of hydrogen-bond acceptors (Lipinski definition) is 4. The van der Waals surface area contributed by atoms with E-state index in [-0.39, 0.29) is 17.8 Å². The van der Waals surface area contributed by atoms with E-state index in [0.29, 0.717) is 11.6 Å². The van der Waals surface area contributed by atoms with E-state index >= 15 is 0 Å². The van der Waals surface area contributed by atoms with Gasteiger partial charge in [-0.25, -0.2) is 9.37 Å². The van der Waals surface area contributed by atoms with Gasteiger partial charge < -0.3 is 4.90 Å². The number of aromatic nitrogens is 2. The molecule has 142 valence electrons. The lowest BCUT2D eigenvalue weighted by Crippen LogP contribution is -2.55. The van der Waals surface area contributed by atoms with E-state index in [4.69, 9.17) is 0 Å². The largest absolute Gasteiger partial charge is 0.334 e. The van der Waals surface area contributed by atoms with Crippen LogP contribution < -0.4 is 0 Å². The zero-order valence-electron chi connectivity index (χ0n) is 15.6. The summed E-state index contributed by atoms with van der Waals surface area (Å²) in [4.78, 5) is 25.9. The number of piperidine rings is 2. The van der Waals surface area contributed by atoms with E-state index in [1.165, 1.54) is 12.1 Å². The maximum Gasteiger partial charge on any atom is 0.274 e. The summed E-state index contributed by atoms with van der Waals surface area (Å²) in [5.41, 5.74) is 2.39. The molecule has 1 aromatic carbocycles. The normalized spacial score (nSPS) is 23.1. The molecule has 0 radical (unpaired) electrons. The van der Waals surface area contributed by atoms with Crippen LogP contribution in [0.15, 0.2) is 36.7 Å². The van der Waals surface area contributed by atoms with Crippen molar-refractivity contribution in [1.29, 1.82) is 0 Å². The van der Waals surface area contributed by atoms with Crippen molar-refractivity contribution in [3.63, 3.8) is 0 Å². The van der Waals surface area contributed by atoms with Crippen LogP contribution in [0.3, 0.4) is 0 Å². The molecule has 27 heavy (non-hydrogen) atoms. The number of fused-ring (bicyclic) bond motifs is 1. The average Bonchev–Trinajstić information content (AvgIpc) is 2.69. The highest BCUT2D eigenvalue weighted by atomic mass is 19.1. The third kappa shape index (κ3) is 4.00. The van der Waals surface area contributed by atoms with E-state index in [0.717, 1.165) is 56.7 Å². The Hall–Kier alpha value is -2.34. The molecule has 2 aromatic rings. The summed E-state index contributed by atoms with van der Waals surface area (Å²) in [5, 5.41) is 0. The first-order valence-corrected chi connectivity index (χ1v) is 9.66. The molecule has 3 heterocycles. The highest BCUT2D eigenvalue weighted by Gasteiger charge is 2.38. The van der Waals surface area contributed by atoms with Crippen molar-refractivity contribution >= 4 is 5.91 Å². The number of likely N-dealkylation sites (tertiary alicyclic amines) is 2. The van der Waals surface area contributed by atoms with E-state index in [2.05, 4.69) is 14.9 Å². The molecule has 5 nitrogen and oxygen atoms in total. The number of hydrogen-bond donors (Lipinski definition) is 0. The molecule has 2 aliphatic heterocycles. The molecule has 2 aliphatic rings. The molecule has 4 rings (SSSR count). The molecular weight excluding hydrogens is 343 g/mol. The van der Waals surface area contributed by atoms with Crippen molar-refractivity contribution in [1.82, 2.24) is 19.8 Å². The molecule has 0 aliphatic carbocycles. The maximum atomic E-state index is 13.1. The van der Waals surface area contributed by atoms with Crippen molar-refractivity contribution in [3.8, 4) is 0 Å². The average molecular weight is 368 g/mol. The molecule has 1 amide bonds. The van der Waals surface area contributed by atoms with Gasteiger partial charge in [-0.15, -0.1) is 0 Å². The Morgan fingerprint density at radius 3 is 2.70 bits per heavy atom. The van der Waals surface area contributed by atoms with Crippen LogP contribution in [-0.2, 0) is 6.54 Å². The summed E-state index contributed by atoms with van der Waals surface area (Å²) in [5.74, 6) is 0.289. The van der Waals surface area contributed by atoms with Gasteiger partial charge in [-0.3, -0.25) is 14.7 Å². The van der Waals surface area contributed by atoms with Gasteiger partial charge in [0.15, 0.2) is 0 Å². The van der Waals surface area contributed by atoms with Crippen molar-refractivity contribution < 1.29 is 9.18 Å². The quantitative estimate of drug-likeness (QED) is 0.836. The highest BCUT2D eigenvalue weighted by Crippen LogP contribution is 2.32. The Morgan fingerprint density at radius 1 is 1.15 bits per heavy atom. The van der Waals surface area contributed by atoms with Crippen molar-refractivity contribution in [2.45, 2.75) is 38.8 Å². The van der Waals surface area contributed by atoms with Gasteiger partial charge in [-0.2, -0.15) is 0 Å². The molecule has 0 spiro atoms. The molecule has 1 aromatic heterocycles. The predicted molar refractivity (Wildman–Crippen MR) is 101 cm³/mol. The van der Waals surface area contributed by atoms with Gasteiger partial charge in [0.1, 0.15) is 11.5 Å². The van der Waals surface area contributed by atoms with Crippen LogP contribution in [0.25, 0.3) is 0 Å². The minimum Gasteiger partial charge on any atom is -0.334 e. The Labute approximate surface area is 159 Å². The van der Waals surface area contributed by atoms with Gasteiger partial charge in [0.05, 0.1) is 11.9 Å². The fraction of sp³-hybridized carbons (Fsp3) is 0.476. The molecule has 6 heteroatoms. The van der Waals surface area contributed by atoms with E-state index < -0.39 is 0 Å². The first kappa shape index (κ1) is 18.0. The molecule has 0 N–H and O–H groups in total. The molecule has 2 saturated heterocycles. The number of rotatable bonds is 3. The van der Waals surface area contributed by atoms with Crippen LogP contribution in [0.1, 0.15) is 41.0 Å². The van der Waals surface area contributed by atoms with Crippen molar-refractivity contribution in [3.05, 3.63) is 59.4 Å². The van der Waals surface area contributed by atoms with E-state index in [9.17, 15) is 9.18 Å². The standard InChI is InChI=1S/C21H25FN4O/c1-15-11-24-19(12-23-15)21(27)26-9-2-3-17-14-25(10-8-20(17)26)13-16-4-6-18(22)7-5-16/h4-7,11-12,17,20H,2-3,8-10,13-14H2,1H3/t17-,20-/m1/s1. The first-order valence-electron chi connectivity index (χ1n) is 9.66. The molecule has 0 unspecified atom stereocenters. The summed E-state index contributed by atoms with van der Waals surface area (Å²) >= 11 is 0. The second kappa shape index (κ2) is 7.72. The summed E-state index contributed by atoms with van der Waals surface area (Å²) in [7, 11) is 0. The Morgan fingerprint density at radius 2 is 1.96 bits per heavy atom. The van der Waals surface area contributed by atoms with Gasteiger partial charge in [0, 0.05) is 38.4 Å². The zero-order valence-corrected chi connectivity index (χ0v) is 15.6. The van der Waals surface area contributed by atoms with E-state index in [1.54, 1.807) is 12.4 Å². The lowest BCUT2D eigenvalue weighted by Gasteiger charge is -2.47. The number of amides is 1. The second-order valence-corrected chi connectivity index (χ2v) is 7.66. The third-order valence-corrected chi connectivity index (χ3v) is 5.73. The molecular formula is C21H25FN4O. The van der Waals surface area contributed by atoms with Crippen LogP contribution in [0.4, 0.5) is 4.39 Å².